The first kappa shape index (κ1) is 15.3. The highest BCUT2D eigenvalue weighted by atomic mass is 15.3. The van der Waals surface area contributed by atoms with Gasteiger partial charge < -0.3 is 14.7 Å². The minimum atomic E-state index is 1.01. The number of likely N-dealkylation sites (tertiary alicyclic amines) is 1. The van der Waals surface area contributed by atoms with Gasteiger partial charge in [0.25, 0.3) is 0 Å². The molecule has 3 heteroatoms. The lowest BCUT2D eigenvalue weighted by Gasteiger charge is -2.35. The Morgan fingerprint density at radius 3 is 1.84 bits per heavy atom. The largest absolute Gasteiger partial charge is 0.304 e. The molecule has 0 aliphatic carbocycles. The Labute approximate surface area is 119 Å². The molecule has 2 aliphatic rings. The fourth-order valence-corrected chi connectivity index (χ4v) is 3.52. The normalized spacial score (nSPS) is 24.9. The maximum atomic E-state index is 2.67. The topological polar surface area (TPSA) is 9.72 Å². The van der Waals surface area contributed by atoms with E-state index in [4.69, 9.17) is 0 Å². The summed E-state index contributed by atoms with van der Waals surface area (Å²) in [7, 11) is 0. The molecule has 3 nitrogen and oxygen atoms in total. The second-order valence-corrected chi connectivity index (χ2v) is 6.30. The number of hydrogen-bond donors (Lipinski definition) is 0. The molecule has 0 N–H and O–H groups in total. The summed E-state index contributed by atoms with van der Waals surface area (Å²) >= 11 is 0. The van der Waals surface area contributed by atoms with Gasteiger partial charge in [0.15, 0.2) is 0 Å². The quantitative estimate of drug-likeness (QED) is 0.730. The maximum absolute atomic E-state index is 2.67. The molecule has 0 aromatic rings. The van der Waals surface area contributed by atoms with Crippen LogP contribution in [0.4, 0.5) is 0 Å². The smallest absolute Gasteiger partial charge is 0.0110 e. The van der Waals surface area contributed by atoms with Gasteiger partial charge in [-0.25, -0.2) is 0 Å². The maximum Gasteiger partial charge on any atom is 0.0110 e. The van der Waals surface area contributed by atoms with E-state index >= 15 is 0 Å². The predicted molar refractivity (Wildman–Crippen MR) is 82.6 cm³/mol. The molecule has 112 valence electrons. The van der Waals surface area contributed by atoms with Crippen LogP contribution in [0.25, 0.3) is 0 Å². The van der Waals surface area contributed by atoms with Gasteiger partial charge in [-0.05, 0) is 64.3 Å². The molecule has 0 atom stereocenters. The molecular weight excluding hydrogens is 234 g/mol. The summed E-state index contributed by atoms with van der Waals surface area (Å²) in [5, 5.41) is 0. The lowest BCUT2D eigenvalue weighted by Crippen LogP contribution is -2.46. The predicted octanol–water partition coefficient (Wildman–Crippen LogP) is 2.14. The first-order valence-corrected chi connectivity index (χ1v) is 8.49. The van der Waals surface area contributed by atoms with Gasteiger partial charge in [-0.1, -0.05) is 13.8 Å². The van der Waals surface area contributed by atoms with Crippen molar-refractivity contribution in [3.8, 4) is 0 Å². The van der Waals surface area contributed by atoms with Crippen LogP contribution >= 0.6 is 0 Å². The van der Waals surface area contributed by atoms with E-state index in [1.807, 2.05) is 0 Å². The fourth-order valence-electron chi connectivity index (χ4n) is 3.52. The van der Waals surface area contributed by atoms with Crippen molar-refractivity contribution in [1.82, 2.24) is 14.7 Å². The zero-order chi connectivity index (χ0) is 13.5. The van der Waals surface area contributed by atoms with Gasteiger partial charge in [-0.15, -0.1) is 0 Å². The zero-order valence-corrected chi connectivity index (χ0v) is 13.1. The Balaban J connectivity index is 1.53. The van der Waals surface area contributed by atoms with Crippen molar-refractivity contribution in [2.24, 2.45) is 5.92 Å². The highest BCUT2D eigenvalue weighted by Gasteiger charge is 2.19. The van der Waals surface area contributed by atoms with Gasteiger partial charge in [-0.2, -0.15) is 0 Å². The van der Waals surface area contributed by atoms with Crippen molar-refractivity contribution in [3.63, 3.8) is 0 Å². The zero-order valence-electron chi connectivity index (χ0n) is 13.1. The molecule has 2 fully saturated rings. The first-order valence-electron chi connectivity index (χ1n) is 8.49. The second kappa shape index (κ2) is 8.23. The molecule has 0 aromatic heterocycles. The molecule has 2 aliphatic heterocycles. The van der Waals surface area contributed by atoms with E-state index in [0.29, 0.717) is 0 Å². The summed E-state index contributed by atoms with van der Waals surface area (Å²) in [6, 6.07) is 0. The van der Waals surface area contributed by atoms with E-state index in [2.05, 4.69) is 28.5 Å². The van der Waals surface area contributed by atoms with Crippen LogP contribution in [0.5, 0.6) is 0 Å². The molecule has 2 saturated heterocycles. The monoisotopic (exact) mass is 267 g/mol. The Hall–Kier alpha value is -0.120. The summed E-state index contributed by atoms with van der Waals surface area (Å²) in [4.78, 5) is 7.84. The van der Waals surface area contributed by atoms with Crippen molar-refractivity contribution < 1.29 is 0 Å². The third kappa shape index (κ3) is 5.05. The third-order valence-electron chi connectivity index (χ3n) is 5.15. The summed E-state index contributed by atoms with van der Waals surface area (Å²) in [6.07, 6.45) is 5.77. The van der Waals surface area contributed by atoms with Crippen LogP contribution in [0.2, 0.25) is 0 Å². The fraction of sp³-hybridized carbons (Fsp3) is 1.00. The number of hydrogen-bond acceptors (Lipinski definition) is 3. The van der Waals surface area contributed by atoms with Gasteiger partial charge >= 0.3 is 0 Å². The van der Waals surface area contributed by atoms with Crippen molar-refractivity contribution >= 4 is 0 Å². The Morgan fingerprint density at radius 1 is 0.737 bits per heavy atom. The van der Waals surface area contributed by atoms with E-state index in [1.54, 1.807) is 0 Å². The van der Waals surface area contributed by atoms with Gasteiger partial charge in [0.2, 0.25) is 0 Å². The van der Waals surface area contributed by atoms with Crippen LogP contribution in [0.15, 0.2) is 0 Å². The van der Waals surface area contributed by atoms with Crippen LogP contribution in [0, 0.1) is 5.92 Å². The Bertz CT molecular complexity index is 204. The molecule has 0 amide bonds. The van der Waals surface area contributed by atoms with Crippen LogP contribution < -0.4 is 0 Å². The van der Waals surface area contributed by atoms with E-state index in [0.717, 1.165) is 5.92 Å². The molecule has 0 radical (unpaired) electrons. The highest BCUT2D eigenvalue weighted by molar-refractivity contribution is 4.74. The molecule has 0 unspecified atom stereocenters. The minimum Gasteiger partial charge on any atom is -0.304 e. The lowest BCUT2D eigenvalue weighted by molar-refractivity contribution is 0.130. The molecule has 0 saturated carbocycles. The number of nitrogens with zero attached hydrogens (tertiary/aromatic N) is 3. The van der Waals surface area contributed by atoms with Crippen molar-refractivity contribution in [1.29, 1.82) is 0 Å². The van der Waals surface area contributed by atoms with Crippen molar-refractivity contribution in [2.75, 3.05) is 58.9 Å². The number of rotatable bonds is 6. The molecule has 0 spiro atoms. The molecule has 0 aromatic carbocycles. The number of piperazine rings is 1. The van der Waals surface area contributed by atoms with E-state index in [-0.39, 0.29) is 0 Å². The van der Waals surface area contributed by atoms with E-state index < -0.39 is 0 Å². The molecule has 2 rings (SSSR count). The second-order valence-electron chi connectivity index (χ2n) is 6.30. The molecule has 2 heterocycles. The summed E-state index contributed by atoms with van der Waals surface area (Å²) < 4.78 is 0. The highest BCUT2D eigenvalue weighted by Crippen LogP contribution is 2.21. The molecular formula is C16H33N3. The Morgan fingerprint density at radius 2 is 1.26 bits per heavy atom. The summed E-state index contributed by atoms with van der Waals surface area (Å²) in [5.41, 5.74) is 0. The SMILES string of the molecule is CCN1CCC(CCCN2CCN(CC)CC2)CC1. The summed E-state index contributed by atoms with van der Waals surface area (Å²) in [5.74, 6) is 1.01. The Kier molecular flexibility index (Phi) is 6.62. The van der Waals surface area contributed by atoms with E-state index in [9.17, 15) is 0 Å². The van der Waals surface area contributed by atoms with E-state index in [1.165, 1.54) is 84.6 Å². The lowest BCUT2D eigenvalue weighted by atomic mass is 9.92. The number of likely N-dealkylation sites (N-methyl/N-ethyl adjacent to an activating group) is 1. The van der Waals surface area contributed by atoms with Gasteiger partial charge in [0, 0.05) is 26.2 Å². The standard InChI is InChI=1S/C16H33N3/c1-3-17-10-7-16(8-11-17)6-5-9-19-14-12-18(4-2)13-15-19/h16H,3-15H2,1-2H3. The number of piperidine rings is 1. The van der Waals surface area contributed by atoms with Crippen molar-refractivity contribution in [3.05, 3.63) is 0 Å². The average molecular weight is 267 g/mol. The van der Waals surface area contributed by atoms with Crippen LogP contribution in [-0.2, 0) is 0 Å². The molecule has 0 bridgehead atoms. The van der Waals surface area contributed by atoms with Crippen LogP contribution in [0.3, 0.4) is 0 Å². The first-order chi connectivity index (χ1) is 9.31. The van der Waals surface area contributed by atoms with Crippen LogP contribution in [0.1, 0.15) is 39.5 Å². The van der Waals surface area contributed by atoms with Gasteiger partial charge in [0.05, 0.1) is 0 Å². The van der Waals surface area contributed by atoms with Crippen LogP contribution in [-0.4, -0.2) is 73.6 Å². The average Bonchev–Trinajstić information content (AvgIpc) is 2.49. The third-order valence-corrected chi connectivity index (χ3v) is 5.15. The van der Waals surface area contributed by atoms with Gasteiger partial charge in [-0.3, -0.25) is 0 Å². The molecule has 19 heavy (non-hydrogen) atoms. The summed E-state index contributed by atoms with van der Waals surface area (Å²) in [6.45, 7) is 16.2. The van der Waals surface area contributed by atoms with Gasteiger partial charge in [0.1, 0.15) is 0 Å². The minimum absolute atomic E-state index is 1.01. The van der Waals surface area contributed by atoms with Crippen molar-refractivity contribution in [2.45, 2.75) is 39.5 Å².